The molecule has 3 rings (SSSR count). The van der Waals surface area contributed by atoms with Crippen molar-refractivity contribution in [3.05, 3.63) is 82.3 Å². The number of anilines is 1. The van der Waals surface area contributed by atoms with E-state index in [1.165, 1.54) is 61.6 Å². The molecular formula is C29H33Cl2N3O6S. The Balaban J connectivity index is 2.05. The average molecular weight is 623 g/mol. The van der Waals surface area contributed by atoms with Gasteiger partial charge in [0.15, 0.2) is 11.5 Å². The SMILES string of the molecule is CCCNC(=O)C(C)N(Cc1ccc(Cl)cc1)C(=O)CN(c1ccc(Cl)cc1)S(=O)(=O)c1ccc(OC)c(OC)c1. The lowest BCUT2D eigenvalue weighted by atomic mass is 10.1. The van der Waals surface area contributed by atoms with Gasteiger partial charge in [0.1, 0.15) is 12.6 Å². The molecule has 12 heteroatoms. The highest BCUT2D eigenvalue weighted by molar-refractivity contribution is 7.92. The Hall–Kier alpha value is -3.47. The first-order chi connectivity index (χ1) is 19.5. The van der Waals surface area contributed by atoms with Crippen LogP contribution in [0.4, 0.5) is 5.69 Å². The number of nitrogens with one attached hydrogen (secondary N) is 1. The Kier molecular flexibility index (Phi) is 11.3. The second kappa shape index (κ2) is 14.4. The zero-order chi connectivity index (χ0) is 30.2. The summed E-state index contributed by atoms with van der Waals surface area (Å²) in [5, 5.41) is 3.73. The Bertz CT molecular complexity index is 1450. The predicted octanol–water partition coefficient (Wildman–Crippen LogP) is 5.15. The number of carbonyl (C=O) groups excluding carboxylic acids is 2. The first-order valence-corrected chi connectivity index (χ1v) is 15.0. The van der Waals surface area contributed by atoms with Crippen LogP contribution in [0.1, 0.15) is 25.8 Å². The second-order valence-electron chi connectivity index (χ2n) is 9.12. The van der Waals surface area contributed by atoms with Gasteiger partial charge in [-0.25, -0.2) is 8.42 Å². The Labute approximate surface area is 251 Å². The lowest BCUT2D eigenvalue weighted by Gasteiger charge is -2.32. The van der Waals surface area contributed by atoms with E-state index in [-0.39, 0.29) is 28.8 Å². The zero-order valence-corrected chi connectivity index (χ0v) is 25.6. The summed E-state index contributed by atoms with van der Waals surface area (Å²) in [6, 6.07) is 16.2. The molecule has 0 aromatic heterocycles. The van der Waals surface area contributed by atoms with E-state index in [0.29, 0.717) is 22.3 Å². The Morgan fingerprint density at radius 2 is 1.49 bits per heavy atom. The highest BCUT2D eigenvalue weighted by Crippen LogP contribution is 2.32. The van der Waals surface area contributed by atoms with Crippen molar-refractivity contribution < 1.29 is 27.5 Å². The fourth-order valence-corrected chi connectivity index (χ4v) is 5.69. The molecule has 0 bridgehead atoms. The van der Waals surface area contributed by atoms with E-state index in [1.54, 1.807) is 31.2 Å². The molecule has 41 heavy (non-hydrogen) atoms. The van der Waals surface area contributed by atoms with Crippen LogP contribution in [-0.2, 0) is 26.2 Å². The second-order valence-corrected chi connectivity index (χ2v) is 11.9. The summed E-state index contributed by atoms with van der Waals surface area (Å²) in [4.78, 5) is 28.1. The maximum atomic E-state index is 14.0. The molecule has 0 saturated heterocycles. The van der Waals surface area contributed by atoms with Gasteiger partial charge in [-0.1, -0.05) is 42.3 Å². The standard InChI is InChI=1S/C29H33Cl2N3O6S/c1-5-16-32-29(36)20(2)33(18-21-6-8-22(30)9-7-21)28(35)19-34(24-12-10-23(31)11-13-24)41(37,38)25-14-15-26(39-3)27(17-25)40-4/h6-15,17,20H,5,16,18-19H2,1-4H3,(H,32,36). The van der Waals surface area contributed by atoms with Crippen LogP contribution in [0.2, 0.25) is 10.0 Å². The fourth-order valence-electron chi connectivity index (χ4n) is 4.01. The number of sulfonamides is 1. The van der Waals surface area contributed by atoms with E-state index in [1.807, 2.05) is 6.92 Å². The van der Waals surface area contributed by atoms with Crippen molar-refractivity contribution in [1.29, 1.82) is 0 Å². The number of carbonyl (C=O) groups is 2. The van der Waals surface area contributed by atoms with E-state index < -0.39 is 28.5 Å². The van der Waals surface area contributed by atoms with Crippen LogP contribution in [0.5, 0.6) is 11.5 Å². The van der Waals surface area contributed by atoms with Gasteiger partial charge in [-0.05, 0) is 67.4 Å². The van der Waals surface area contributed by atoms with Crippen molar-refractivity contribution in [3.8, 4) is 11.5 Å². The number of ether oxygens (including phenoxy) is 2. The average Bonchev–Trinajstić information content (AvgIpc) is 2.97. The number of hydrogen-bond donors (Lipinski definition) is 1. The molecule has 0 aliphatic rings. The molecule has 9 nitrogen and oxygen atoms in total. The van der Waals surface area contributed by atoms with Gasteiger partial charge in [0.2, 0.25) is 11.8 Å². The first-order valence-electron chi connectivity index (χ1n) is 12.8. The van der Waals surface area contributed by atoms with Gasteiger partial charge in [0, 0.05) is 29.2 Å². The third-order valence-corrected chi connectivity index (χ3v) is 8.59. The fraction of sp³-hybridized carbons (Fsp3) is 0.310. The molecule has 1 atom stereocenters. The highest BCUT2D eigenvalue weighted by atomic mass is 35.5. The molecule has 0 heterocycles. The van der Waals surface area contributed by atoms with Crippen LogP contribution in [0.15, 0.2) is 71.6 Å². The van der Waals surface area contributed by atoms with Crippen molar-refractivity contribution in [2.24, 2.45) is 0 Å². The van der Waals surface area contributed by atoms with Crippen LogP contribution in [0.25, 0.3) is 0 Å². The van der Waals surface area contributed by atoms with Crippen LogP contribution >= 0.6 is 23.2 Å². The summed E-state index contributed by atoms with van der Waals surface area (Å²) in [6.45, 7) is 3.44. The molecule has 0 fully saturated rings. The summed E-state index contributed by atoms with van der Waals surface area (Å²) in [6.07, 6.45) is 0.720. The van der Waals surface area contributed by atoms with E-state index in [9.17, 15) is 18.0 Å². The van der Waals surface area contributed by atoms with E-state index >= 15 is 0 Å². The topological polar surface area (TPSA) is 105 Å². The lowest BCUT2D eigenvalue weighted by molar-refractivity contribution is -0.139. The largest absolute Gasteiger partial charge is 0.493 e. The minimum Gasteiger partial charge on any atom is -0.493 e. The number of nitrogens with zero attached hydrogens (tertiary/aromatic N) is 2. The number of amides is 2. The summed E-state index contributed by atoms with van der Waals surface area (Å²) >= 11 is 12.1. The van der Waals surface area contributed by atoms with Crippen LogP contribution < -0.4 is 19.1 Å². The smallest absolute Gasteiger partial charge is 0.264 e. The Morgan fingerprint density at radius 1 is 0.902 bits per heavy atom. The van der Waals surface area contributed by atoms with Gasteiger partial charge in [0.05, 0.1) is 24.8 Å². The summed E-state index contributed by atoms with van der Waals surface area (Å²) in [7, 11) is -1.46. The maximum Gasteiger partial charge on any atom is 0.264 e. The monoisotopic (exact) mass is 621 g/mol. The van der Waals surface area contributed by atoms with Gasteiger partial charge in [0.25, 0.3) is 10.0 Å². The summed E-state index contributed by atoms with van der Waals surface area (Å²) in [5.74, 6) is -0.379. The van der Waals surface area contributed by atoms with Crippen molar-refractivity contribution >= 4 is 50.7 Å². The van der Waals surface area contributed by atoms with Crippen LogP contribution in [0.3, 0.4) is 0 Å². The van der Waals surface area contributed by atoms with E-state index in [4.69, 9.17) is 32.7 Å². The summed E-state index contributed by atoms with van der Waals surface area (Å²) in [5.41, 5.74) is 0.936. The minimum absolute atomic E-state index is 0.0571. The molecule has 0 aliphatic heterocycles. The lowest BCUT2D eigenvalue weighted by Crippen LogP contribution is -2.51. The molecule has 1 unspecified atom stereocenters. The normalized spacial score (nSPS) is 11.9. The molecule has 0 radical (unpaired) electrons. The van der Waals surface area contributed by atoms with Gasteiger partial charge in [-0.15, -0.1) is 0 Å². The van der Waals surface area contributed by atoms with E-state index in [2.05, 4.69) is 5.32 Å². The molecule has 2 amide bonds. The molecule has 3 aromatic rings. The number of benzene rings is 3. The highest BCUT2D eigenvalue weighted by Gasteiger charge is 2.33. The molecule has 0 spiro atoms. The molecule has 220 valence electrons. The third kappa shape index (κ3) is 8.06. The number of halogens is 2. The van der Waals surface area contributed by atoms with Gasteiger partial charge >= 0.3 is 0 Å². The predicted molar refractivity (Wildman–Crippen MR) is 160 cm³/mol. The number of hydrogen-bond acceptors (Lipinski definition) is 6. The quantitative estimate of drug-likeness (QED) is 0.283. The molecule has 3 aromatic carbocycles. The maximum absolute atomic E-state index is 14.0. The van der Waals surface area contributed by atoms with E-state index in [0.717, 1.165) is 16.3 Å². The zero-order valence-electron chi connectivity index (χ0n) is 23.3. The molecule has 0 aliphatic carbocycles. The number of rotatable bonds is 13. The van der Waals surface area contributed by atoms with Gasteiger partial charge in [-0.3, -0.25) is 13.9 Å². The molecule has 0 saturated carbocycles. The van der Waals surface area contributed by atoms with Gasteiger partial charge in [-0.2, -0.15) is 0 Å². The van der Waals surface area contributed by atoms with Crippen LogP contribution in [0, 0.1) is 0 Å². The molecule has 1 N–H and O–H groups in total. The van der Waals surface area contributed by atoms with Gasteiger partial charge < -0.3 is 19.7 Å². The van der Waals surface area contributed by atoms with Crippen molar-refractivity contribution in [3.63, 3.8) is 0 Å². The third-order valence-electron chi connectivity index (χ3n) is 6.32. The minimum atomic E-state index is -4.30. The van der Waals surface area contributed by atoms with Crippen molar-refractivity contribution in [2.75, 3.05) is 31.6 Å². The Morgan fingerprint density at radius 3 is 2.05 bits per heavy atom. The van der Waals surface area contributed by atoms with Crippen LogP contribution in [-0.4, -0.2) is 58.5 Å². The molecular weight excluding hydrogens is 589 g/mol. The van der Waals surface area contributed by atoms with Crippen molar-refractivity contribution in [1.82, 2.24) is 10.2 Å². The number of methoxy groups -OCH3 is 2. The first kappa shape index (κ1) is 32.0. The summed E-state index contributed by atoms with van der Waals surface area (Å²) < 4.78 is 39.6. The van der Waals surface area contributed by atoms with Crippen molar-refractivity contribution in [2.45, 2.75) is 37.8 Å².